The molecule has 0 atom stereocenters. The van der Waals surface area contributed by atoms with Gasteiger partial charge in [0.05, 0.1) is 15.9 Å². The Morgan fingerprint density at radius 1 is 1.05 bits per heavy atom. The summed E-state index contributed by atoms with van der Waals surface area (Å²) < 4.78 is 6.37. The SMILES string of the molecule is Nc1c(-c2nc3ccccc3s2)c(=O)oc2ccccc12. The van der Waals surface area contributed by atoms with Gasteiger partial charge in [-0.25, -0.2) is 9.78 Å². The number of aromatic nitrogens is 1. The second kappa shape index (κ2) is 4.43. The van der Waals surface area contributed by atoms with E-state index in [1.165, 1.54) is 11.3 Å². The number of nitrogens with zero attached hydrogens (tertiary/aromatic N) is 1. The summed E-state index contributed by atoms with van der Waals surface area (Å²) in [5.74, 6) is 0. The molecule has 0 unspecified atom stereocenters. The summed E-state index contributed by atoms with van der Waals surface area (Å²) in [4.78, 5) is 16.7. The second-order valence-corrected chi connectivity index (χ2v) is 5.69. The zero-order valence-corrected chi connectivity index (χ0v) is 11.7. The van der Waals surface area contributed by atoms with Crippen molar-refractivity contribution < 1.29 is 4.42 Å². The summed E-state index contributed by atoms with van der Waals surface area (Å²) in [6.45, 7) is 0. The van der Waals surface area contributed by atoms with Gasteiger partial charge in [0.25, 0.3) is 0 Å². The number of fused-ring (bicyclic) bond motifs is 2. The lowest BCUT2D eigenvalue weighted by molar-refractivity contribution is 0.564. The molecular weight excluding hydrogens is 284 g/mol. The Balaban J connectivity index is 2.08. The minimum Gasteiger partial charge on any atom is -0.422 e. The summed E-state index contributed by atoms with van der Waals surface area (Å²) in [6, 6.07) is 15.0. The maximum atomic E-state index is 12.3. The van der Waals surface area contributed by atoms with E-state index in [4.69, 9.17) is 10.2 Å². The first-order chi connectivity index (χ1) is 10.2. The quantitative estimate of drug-likeness (QED) is 0.544. The second-order valence-electron chi connectivity index (χ2n) is 4.66. The van der Waals surface area contributed by atoms with Crippen molar-refractivity contribution in [1.29, 1.82) is 0 Å². The summed E-state index contributed by atoms with van der Waals surface area (Å²) in [5, 5.41) is 1.32. The predicted molar refractivity (Wildman–Crippen MR) is 85.5 cm³/mol. The van der Waals surface area contributed by atoms with Crippen molar-refractivity contribution in [2.24, 2.45) is 0 Å². The van der Waals surface area contributed by atoms with Gasteiger partial charge in [0.2, 0.25) is 0 Å². The fourth-order valence-electron chi connectivity index (χ4n) is 2.36. The van der Waals surface area contributed by atoms with Gasteiger partial charge in [-0.15, -0.1) is 11.3 Å². The lowest BCUT2D eigenvalue weighted by Crippen LogP contribution is -2.07. The minimum absolute atomic E-state index is 0.342. The molecule has 2 N–H and O–H groups in total. The van der Waals surface area contributed by atoms with E-state index in [-0.39, 0.29) is 0 Å². The van der Waals surface area contributed by atoms with Crippen molar-refractivity contribution in [2.45, 2.75) is 0 Å². The Hall–Kier alpha value is -2.66. The molecule has 0 bridgehead atoms. The van der Waals surface area contributed by atoms with E-state index >= 15 is 0 Å². The van der Waals surface area contributed by atoms with Gasteiger partial charge in [-0.1, -0.05) is 24.3 Å². The van der Waals surface area contributed by atoms with Crippen LogP contribution in [0.1, 0.15) is 0 Å². The molecule has 5 heteroatoms. The van der Waals surface area contributed by atoms with Crippen molar-refractivity contribution in [3.63, 3.8) is 0 Å². The van der Waals surface area contributed by atoms with E-state index in [2.05, 4.69) is 4.98 Å². The first-order valence-corrected chi connectivity index (χ1v) is 7.23. The predicted octanol–water partition coefficient (Wildman–Crippen LogP) is 3.65. The number of hydrogen-bond acceptors (Lipinski definition) is 5. The van der Waals surface area contributed by atoms with Gasteiger partial charge in [0, 0.05) is 5.39 Å². The van der Waals surface area contributed by atoms with Crippen LogP contribution in [0.4, 0.5) is 5.69 Å². The van der Waals surface area contributed by atoms with Crippen LogP contribution in [0.25, 0.3) is 31.8 Å². The highest BCUT2D eigenvalue weighted by Gasteiger charge is 2.17. The monoisotopic (exact) mass is 294 g/mol. The molecular formula is C16H10N2O2S. The van der Waals surface area contributed by atoms with E-state index in [0.29, 0.717) is 21.8 Å². The molecule has 0 saturated carbocycles. The number of thiazole rings is 1. The molecule has 0 spiro atoms. The van der Waals surface area contributed by atoms with Crippen LogP contribution in [0.2, 0.25) is 0 Å². The molecule has 4 nitrogen and oxygen atoms in total. The molecule has 0 saturated heterocycles. The van der Waals surface area contributed by atoms with E-state index in [9.17, 15) is 4.79 Å². The lowest BCUT2D eigenvalue weighted by atomic mass is 10.1. The molecule has 4 rings (SSSR count). The maximum absolute atomic E-state index is 12.3. The van der Waals surface area contributed by atoms with E-state index in [1.54, 1.807) is 6.07 Å². The molecule has 2 heterocycles. The molecule has 2 aromatic heterocycles. The Kier molecular flexibility index (Phi) is 2.55. The first kappa shape index (κ1) is 12.1. The fraction of sp³-hybridized carbons (Fsp3) is 0. The van der Waals surface area contributed by atoms with Crippen LogP contribution in [0, 0.1) is 0 Å². The summed E-state index contributed by atoms with van der Waals surface area (Å²) in [5.41, 5.74) is 7.83. The van der Waals surface area contributed by atoms with Crippen molar-refractivity contribution in [2.75, 3.05) is 5.73 Å². The first-order valence-electron chi connectivity index (χ1n) is 6.41. The molecule has 0 radical (unpaired) electrons. The van der Waals surface area contributed by atoms with Crippen LogP contribution in [0.3, 0.4) is 0 Å². The largest absolute Gasteiger partial charge is 0.422 e. The third kappa shape index (κ3) is 1.82. The van der Waals surface area contributed by atoms with E-state index in [1.807, 2.05) is 42.5 Å². The van der Waals surface area contributed by atoms with Crippen LogP contribution in [0.5, 0.6) is 0 Å². The Bertz CT molecular complexity index is 1000. The fourth-order valence-corrected chi connectivity index (χ4v) is 3.37. The van der Waals surface area contributed by atoms with E-state index < -0.39 is 5.63 Å². The van der Waals surface area contributed by atoms with E-state index in [0.717, 1.165) is 15.6 Å². The van der Waals surface area contributed by atoms with Crippen molar-refractivity contribution >= 4 is 38.2 Å². The molecule has 0 aliphatic rings. The van der Waals surface area contributed by atoms with Crippen LogP contribution >= 0.6 is 11.3 Å². The zero-order chi connectivity index (χ0) is 14.4. The Morgan fingerprint density at radius 3 is 2.67 bits per heavy atom. The molecule has 2 aromatic carbocycles. The molecule has 102 valence electrons. The average molecular weight is 294 g/mol. The molecule has 21 heavy (non-hydrogen) atoms. The summed E-state index contributed by atoms with van der Waals surface area (Å²) in [6.07, 6.45) is 0. The zero-order valence-electron chi connectivity index (χ0n) is 10.9. The number of nitrogen functional groups attached to an aromatic ring is 1. The molecule has 0 fully saturated rings. The normalized spacial score (nSPS) is 11.2. The number of hydrogen-bond donors (Lipinski definition) is 1. The summed E-state index contributed by atoms with van der Waals surface area (Å²) in [7, 11) is 0. The lowest BCUT2D eigenvalue weighted by Gasteiger charge is -2.04. The van der Waals surface area contributed by atoms with Gasteiger partial charge in [0.15, 0.2) is 0 Å². The standard InChI is InChI=1S/C16H10N2O2S/c17-14-9-5-1-3-7-11(9)20-16(19)13(14)15-18-10-6-2-4-8-12(10)21-15/h1-8H,17H2. The van der Waals surface area contributed by atoms with Gasteiger partial charge in [-0.3, -0.25) is 0 Å². The van der Waals surface area contributed by atoms with Gasteiger partial charge >= 0.3 is 5.63 Å². The van der Waals surface area contributed by atoms with Gasteiger partial charge in [-0.2, -0.15) is 0 Å². The number of anilines is 1. The van der Waals surface area contributed by atoms with Crippen LogP contribution in [0.15, 0.2) is 57.7 Å². The number of benzene rings is 2. The van der Waals surface area contributed by atoms with Crippen LogP contribution in [-0.4, -0.2) is 4.98 Å². The summed E-state index contributed by atoms with van der Waals surface area (Å²) >= 11 is 1.44. The van der Waals surface area contributed by atoms with Gasteiger partial charge in [-0.05, 0) is 24.3 Å². The third-order valence-electron chi connectivity index (χ3n) is 3.36. The van der Waals surface area contributed by atoms with Crippen molar-refractivity contribution in [3.8, 4) is 10.6 Å². The van der Waals surface area contributed by atoms with Gasteiger partial charge in [0.1, 0.15) is 16.2 Å². The maximum Gasteiger partial charge on any atom is 0.348 e. The average Bonchev–Trinajstić information content (AvgIpc) is 2.90. The number of nitrogens with two attached hydrogens (primary N) is 1. The molecule has 0 aliphatic heterocycles. The molecule has 0 aliphatic carbocycles. The molecule has 0 amide bonds. The smallest absolute Gasteiger partial charge is 0.348 e. The number of para-hydroxylation sites is 2. The Labute approximate surface area is 123 Å². The third-order valence-corrected chi connectivity index (χ3v) is 4.41. The molecule has 4 aromatic rings. The van der Waals surface area contributed by atoms with Crippen molar-refractivity contribution in [1.82, 2.24) is 4.98 Å². The topological polar surface area (TPSA) is 69.1 Å². The van der Waals surface area contributed by atoms with Gasteiger partial charge < -0.3 is 10.2 Å². The van der Waals surface area contributed by atoms with Crippen molar-refractivity contribution in [3.05, 3.63) is 59.0 Å². The highest BCUT2D eigenvalue weighted by molar-refractivity contribution is 7.21. The minimum atomic E-state index is -0.453. The number of rotatable bonds is 1. The Morgan fingerprint density at radius 2 is 1.81 bits per heavy atom. The van der Waals surface area contributed by atoms with Crippen LogP contribution < -0.4 is 11.4 Å². The van der Waals surface area contributed by atoms with Crippen LogP contribution in [-0.2, 0) is 0 Å². The highest BCUT2D eigenvalue weighted by atomic mass is 32.1. The highest BCUT2D eigenvalue weighted by Crippen LogP contribution is 2.34.